The Labute approximate surface area is 120 Å². The molecule has 0 atom stereocenters. The number of aromatic carboxylic acids is 1. The van der Waals surface area contributed by atoms with Crippen LogP contribution in [0.25, 0.3) is 0 Å². The highest BCUT2D eigenvalue weighted by Gasteiger charge is 2.33. The molecule has 0 bridgehead atoms. The standard InChI is InChI=1S/C14H7F5O3/c15-10-5-8(14(17,18)19)6-11(16)12(10)22-9-3-1-2-7(4-9)13(20)21/h1-6H,(H,20,21). The summed E-state index contributed by atoms with van der Waals surface area (Å²) in [5.74, 6) is -5.66. The van der Waals surface area contributed by atoms with Crippen LogP contribution in [0, 0.1) is 11.6 Å². The highest BCUT2D eigenvalue weighted by molar-refractivity contribution is 5.88. The van der Waals surface area contributed by atoms with E-state index in [2.05, 4.69) is 0 Å². The Hall–Kier alpha value is -2.64. The molecule has 0 saturated heterocycles. The Bertz CT molecular complexity index is 702. The smallest absolute Gasteiger partial charge is 0.416 e. The summed E-state index contributed by atoms with van der Waals surface area (Å²) in [7, 11) is 0. The van der Waals surface area contributed by atoms with Crippen molar-refractivity contribution in [2.45, 2.75) is 6.18 Å². The number of carbonyl (C=O) groups is 1. The Morgan fingerprint density at radius 2 is 1.64 bits per heavy atom. The molecule has 0 radical (unpaired) electrons. The van der Waals surface area contributed by atoms with Crippen LogP contribution in [0.2, 0.25) is 0 Å². The first-order chi connectivity index (χ1) is 10.2. The summed E-state index contributed by atoms with van der Waals surface area (Å²) >= 11 is 0. The summed E-state index contributed by atoms with van der Waals surface area (Å²) in [6.07, 6.45) is -4.90. The Kier molecular flexibility index (Phi) is 4.03. The second-order valence-electron chi connectivity index (χ2n) is 4.20. The fraction of sp³-hybridized carbons (Fsp3) is 0.0714. The number of rotatable bonds is 3. The molecule has 22 heavy (non-hydrogen) atoms. The van der Waals surface area contributed by atoms with Crippen molar-refractivity contribution in [3.05, 3.63) is 59.2 Å². The van der Waals surface area contributed by atoms with E-state index in [9.17, 15) is 26.7 Å². The largest absolute Gasteiger partial charge is 0.478 e. The summed E-state index contributed by atoms with van der Waals surface area (Å²) < 4.78 is 69.3. The van der Waals surface area contributed by atoms with Crippen LogP contribution in [0.15, 0.2) is 36.4 Å². The third-order valence-corrected chi connectivity index (χ3v) is 2.63. The van der Waals surface area contributed by atoms with E-state index in [-0.39, 0.29) is 23.4 Å². The summed E-state index contributed by atoms with van der Waals surface area (Å²) in [5, 5.41) is 8.78. The molecule has 0 amide bonds. The quantitative estimate of drug-likeness (QED) is 0.849. The van der Waals surface area contributed by atoms with Crippen molar-refractivity contribution in [3.63, 3.8) is 0 Å². The van der Waals surface area contributed by atoms with Crippen LogP contribution in [0.1, 0.15) is 15.9 Å². The first-order valence-electron chi connectivity index (χ1n) is 5.76. The number of hydrogen-bond acceptors (Lipinski definition) is 2. The summed E-state index contributed by atoms with van der Waals surface area (Å²) in [4.78, 5) is 10.8. The van der Waals surface area contributed by atoms with Crippen LogP contribution >= 0.6 is 0 Å². The van der Waals surface area contributed by atoms with Crippen LogP contribution in [0.3, 0.4) is 0 Å². The van der Waals surface area contributed by atoms with Gasteiger partial charge < -0.3 is 9.84 Å². The molecule has 0 heterocycles. The molecule has 2 aromatic rings. The van der Waals surface area contributed by atoms with Crippen LogP contribution in [0.4, 0.5) is 22.0 Å². The number of carboxylic acids is 1. The fourth-order valence-electron chi connectivity index (χ4n) is 1.63. The van der Waals surface area contributed by atoms with Gasteiger partial charge in [0.05, 0.1) is 11.1 Å². The number of benzene rings is 2. The maximum Gasteiger partial charge on any atom is 0.416 e. The molecule has 0 fully saturated rings. The van der Waals surface area contributed by atoms with Gasteiger partial charge in [0, 0.05) is 0 Å². The normalized spacial score (nSPS) is 11.3. The summed E-state index contributed by atoms with van der Waals surface area (Å²) in [5.41, 5.74) is -1.70. The van der Waals surface area contributed by atoms with Gasteiger partial charge in [0.25, 0.3) is 0 Å². The topological polar surface area (TPSA) is 46.5 Å². The lowest BCUT2D eigenvalue weighted by molar-refractivity contribution is -0.138. The number of ether oxygens (including phenoxy) is 1. The Morgan fingerprint density at radius 3 is 2.14 bits per heavy atom. The van der Waals surface area contributed by atoms with Crippen molar-refractivity contribution >= 4 is 5.97 Å². The monoisotopic (exact) mass is 318 g/mol. The highest BCUT2D eigenvalue weighted by atomic mass is 19.4. The molecule has 0 aliphatic rings. The van der Waals surface area contributed by atoms with Crippen molar-refractivity contribution in [2.24, 2.45) is 0 Å². The number of halogens is 5. The van der Waals surface area contributed by atoms with Gasteiger partial charge in [0.1, 0.15) is 5.75 Å². The van der Waals surface area contributed by atoms with Gasteiger partial charge in [-0.2, -0.15) is 13.2 Å². The van der Waals surface area contributed by atoms with E-state index in [4.69, 9.17) is 9.84 Å². The van der Waals surface area contributed by atoms with Gasteiger partial charge in [-0.05, 0) is 30.3 Å². The predicted molar refractivity (Wildman–Crippen MR) is 64.8 cm³/mol. The van der Waals surface area contributed by atoms with Crippen molar-refractivity contribution in [2.75, 3.05) is 0 Å². The lowest BCUT2D eigenvalue weighted by Gasteiger charge is -2.12. The molecule has 0 spiro atoms. The maximum atomic E-state index is 13.6. The molecular formula is C14H7F5O3. The SMILES string of the molecule is O=C(O)c1cccc(Oc2c(F)cc(C(F)(F)F)cc2F)c1. The van der Waals surface area contributed by atoms with Gasteiger partial charge in [-0.3, -0.25) is 0 Å². The van der Waals surface area contributed by atoms with E-state index >= 15 is 0 Å². The van der Waals surface area contributed by atoms with Crippen LogP contribution < -0.4 is 4.74 Å². The molecule has 0 unspecified atom stereocenters. The molecule has 8 heteroatoms. The molecule has 0 aliphatic carbocycles. The molecule has 2 rings (SSSR count). The zero-order chi connectivity index (χ0) is 16.5. The minimum absolute atomic E-state index is 0.0967. The Morgan fingerprint density at radius 1 is 1.05 bits per heavy atom. The summed E-state index contributed by atoms with van der Waals surface area (Å²) in [6.45, 7) is 0. The van der Waals surface area contributed by atoms with Crippen LogP contribution in [-0.2, 0) is 6.18 Å². The molecule has 1 N–H and O–H groups in total. The fourth-order valence-corrected chi connectivity index (χ4v) is 1.63. The van der Waals surface area contributed by atoms with Crippen LogP contribution in [-0.4, -0.2) is 11.1 Å². The highest BCUT2D eigenvalue weighted by Crippen LogP contribution is 2.35. The first-order valence-corrected chi connectivity index (χ1v) is 5.76. The zero-order valence-corrected chi connectivity index (χ0v) is 10.6. The van der Waals surface area contributed by atoms with E-state index < -0.39 is 35.1 Å². The molecule has 2 aromatic carbocycles. The molecule has 0 saturated carbocycles. The minimum Gasteiger partial charge on any atom is -0.478 e. The van der Waals surface area contributed by atoms with E-state index in [1.54, 1.807) is 0 Å². The lowest BCUT2D eigenvalue weighted by Crippen LogP contribution is -2.07. The van der Waals surface area contributed by atoms with Gasteiger partial charge in [0.2, 0.25) is 0 Å². The molecule has 0 aromatic heterocycles. The van der Waals surface area contributed by atoms with Crippen molar-refractivity contribution in [3.8, 4) is 11.5 Å². The molecule has 0 aliphatic heterocycles. The molecule has 116 valence electrons. The van der Waals surface area contributed by atoms with E-state index in [1.807, 2.05) is 0 Å². The minimum atomic E-state index is -4.90. The second kappa shape index (κ2) is 5.63. The summed E-state index contributed by atoms with van der Waals surface area (Å²) in [6, 6.07) is 4.87. The van der Waals surface area contributed by atoms with Crippen molar-refractivity contribution in [1.82, 2.24) is 0 Å². The van der Waals surface area contributed by atoms with Crippen molar-refractivity contribution in [1.29, 1.82) is 0 Å². The van der Waals surface area contributed by atoms with E-state index in [0.717, 1.165) is 6.07 Å². The lowest BCUT2D eigenvalue weighted by atomic mass is 10.2. The number of alkyl halides is 3. The maximum absolute atomic E-state index is 13.6. The van der Waals surface area contributed by atoms with E-state index in [0.29, 0.717) is 0 Å². The average molecular weight is 318 g/mol. The number of hydrogen-bond donors (Lipinski definition) is 1. The van der Waals surface area contributed by atoms with Gasteiger partial charge in [0.15, 0.2) is 17.4 Å². The van der Waals surface area contributed by atoms with E-state index in [1.165, 1.54) is 18.2 Å². The van der Waals surface area contributed by atoms with Gasteiger partial charge >= 0.3 is 12.1 Å². The van der Waals surface area contributed by atoms with Crippen molar-refractivity contribution < 1.29 is 36.6 Å². The zero-order valence-electron chi connectivity index (χ0n) is 10.6. The van der Waals surface area contributed by atoms with Gasteiger partial charge in [-0.25, -0.2) is 13.6 Å². The predicted octanol–water partition coefficient (Wildman–Crippen LogP) is 4.47. The van der Waals surface area contributed by atoms with Crippen LogP contribution in [0.5, 0.6) is 11.5 Å². The third kappa shape index (κ3) is 3.33. The van der Waals surface area contributed by atoms with Gasteiger partial charge in [-0.1, -0.05) is 6.07 Å². The average Bonchev–Trinajstić information content (AvgIpc) is 2.42. The first kappa shape index (κ1) is 15.7. The third-order valence-electron chi connectivity index (χ3n) is 2.63. The number of carboxylic acid groups (broad SMARTS) is 1. The molecular weight excluding hydrogens is 311 g/mol. The molecule has 3 nitrogen and oxygen atoms in total. The van der Waals surface area contributed by atoms with Gasteiger partial charge in [-0.15, -0.1) is 0 Å². The Balaban J connectivity index is 2.38. The second-order valence-corrected chi connectivity index (χ2v) is 4.20.